The fraction of sp³-hybridized carbons (Fsp3) is 0.474. The zero-order valence-electron chi connectivity index (χ0n) is 18.6. The number of allylic oxidation sites excluding steroid dienone is 1. The third-order valence-electron chi connectivity index (χ3n) is 4.17. The molecular formula is C19H20F6N6O2. The Morgan fingerprint density at radius 1 is 1.18 bits per heavy atom. The number of hydrogen-bond donors (Lipinski definition) is 3. The molecule has 1 aliphatic carbocycles. The summed E-state index contributed by atoms with van der Waals surface area (Å²) >= 11 is 0. The number of aromatic nitrogens is 4. The van der Waals surface area contributed by atoms with Crippen LogP contribution in [0.3, 0.4) is 0 Å². The molecule has 180 valence electrons. The molecule has 0 unspecified atom stereocenters. The molecule has 1 aliphatic rings. The second kappa shape index (κ2) is 8.74. The van der Waals surface area contributed by atoms with Crippen LogP contribution in [0.4, 0.5) is 43.9 Å². The minimum atomic E-state index is -4.73. The highest BCUT2D eigenvalue weighted by Gasteiger charge is 2.46. The minimum Gasteiger partial charge on any atom is -0.380 e. The Bertz CT molecular complexity index is 1100. The Morgan fingerprint density at radius 2 is 1.85 bits per heavy atom. The van der Waals surface area contributed by atoms with Gasteiger partial charge in [0.1, 0.15) is 11.5 Å². The third-order valence-corrected chi connectivity index (χ3v) is 4.17. The van der Waals surface area contributed by atoms with Gasteiger partial charge in [-0.05, 0) is 39.3 Å². The number of aliphatic hydroxyl groups is 1. The lowest BCUT2D eigenvalue weighted by molar-refractivity contribution is -0.141. The molecule has 3 N–H and O–H groups in total. The van der Waals surface area contributed by atoms with Crippen molar-refractivity contribution in [3.05, 3.63) is 35.7 Å². The number of hydrogen-bond acceptors (Lipinski definition) is 8. The Balaban J connectivity index is 2.05. The smallest absolute Gasteiger partial charge is 0.380 e. The van der Waals surface area contributed by atoms with Gasteiger partial charge in [0.05, 0.1) is 6.97 Å². The molecule has 2 aromatic heterocycles. The van der Waals surface area contributed by atoms with E-state index in [9.17, 15) is 31.4 Å². The maximum Gasteiger partial charge on any atom is 0.433 e. The van der Waals surface area contributed by atoms with Gasteiger partial charge in [0.2, 0.25) is 5.95 Å². The molecule has 0 amide bonds. The molecule has 0 bridgehead atoms. The molecule has 2 heterocycles. The summed E-state index contributed by atoms with van der Waals surface area (Å²) in [7, 11) is 0. The van der Waals surface area contributed by atoms with Gasteiger partial charge in [-0.2, -0.15) is 28.1 Å². The number of alkyl halides is 5. The van der Waals surface area contributed by atoms with Gasteiger partial charge in [0, 0.05) is 23.9 Å². The molecule has 8 nitrogen and oxygen atoms in total. The zero-order valence-corrected chi connectivity index (χ0v) is 17.6. The van der Waals surface area contributed by atoms with E-state index in [4.69, 9.17) is 6.21 Å². The lowest BCUT2D eigenvalue weighted by Crippen LogP contribution is -2.37. The highest BCUT2D eigenvalue weighted by atomic mass is 19.4. The Labute approximate surface area is 185 Å². The molecule has 3 rings (SSSR count). The van der Waals surface area contributed by atoms with Crippen molar-refractivity contribution in [2.45, 2.75) is 57.4 Å². The van der Waals surface area contributed by atoms with Crippen LogP contribution in [0.15, 0.2) is 24.2 Å². The van der Waals surface area contributed by atoms with Crippen LogP contribution in [0.1, 0.15) is 46.5 Å². The van der Waals surface area contributed by atoms with Crippen molar-refractivity contribution in [1.82, 2.24) is 19.9 Å². The predicted molar refractivity (Wildman–Crippen MR) is 105 cm³/mol. The molecule has 14 heteroatoms. The van der Waals surface area contributed by atoms with Gasteiger partial charge in [-0.3, -0.25) is 9.82 Å². The molecule has 0 radical (unpaired) electrons. The molecule has 0 aliphatic heterocycles. The van der Waals surface area contributed by atoms with Gasteiger partial charge >= 0.3 is 6.18 Å². The maximum atomic E-state index is 14.7. The first-order valence-corrected chi connectivity index (χ1v) is 9.50. The molecule has 2 aromatic rings. The van der Waals surface area contributed by atoms with E-state index in [1.165, 1.54) is 6.07 Å². The van der Waals surface area contributed by atoms with Crippen LogP contribution >= 0.6 is 0 Å². The highest BCUT2D eigenvalue weighted by molar-refractivity contribution is 5.66. The van der Waals surface area contributed by atoms with Gasteiger partial charge in [-0.1, -0.05) is 0 Å². The third kappa shape index (κ3) is 6.07. The van der Waals surface area contributed by atoms with Crippen LogP contribution in [0, 0.1) is 0 Å². The van der Waals surface area contributed by atoms with Gasteiger partial charge in [0.25, 0.3) is 11.9 Å². The summed E-state index contributed by atoms with van der Waals surface area (Å²) in [5, 5.41) is 12.2. The summed E-state index contributed by atoms with van der Waals surface area (Å²) in [5.41, 5.74) is -0.302. The van der Waals surface area contributed by atoms with E-state index >= 15 is 0 Å². The Morgan fingerprint density at radius 3 is 2.48 bits per heavy atom. The fourth-order valence-corrected chi connectivity index (χ4v) is 2.63. The largest absolute Gasteiger partial charge is 0.433 e. The van der Waals surface area contributed by atoms with Crippen molar-refractivity contribution in [2.24, 2.45) is 0 Å². The zero-order chi connectivity index (χ0) is 25.5. The van der Waals surface area contributed by atoms with Gasteiger partial charge in [-0.25, -0.2) is 18.7 Å². The lowest BCUT2D eigenvalue weighted by atomic mass is 9.92. The lowest BCUT2D eigenvalue weighted by Gasteiger charge is -2.27. The number of nitrogens with zero attached hydrogens (tertiary/aromatic N) is 4. The monoisotopic (exact) mass is 479 g/mol. The van der Waals surface area contributed by atoms with Crippen molar-refractivity contribution in [1.29, 1.82) is 0 Å². The minimum absolute atomic E-state index is 0.135. The van der Waals surface area contributed by atoms with E-state index in [-0.39, 0.29) is 11.6 Å². The van der Waals surface area contributed by atoms with Crippen LogP contribution in [-0.4, -0.2) is 42.6 Å². The van der Waals surface area contributed by atoms with E-state index in [2.05, 4.69) is 30.7 Å². The van der Waals surface area contributed by atoms with Crippen molar-refractivity contribution in [3.63, 3.8) is 0 Å². The van der Waals surface area contributed by atoms with E-state index in [1.54, 1.807) is 20.8 Å². The van der Waals surface area contributed by atoms with E-state index in [0.29, 0.717) is 6.07 Å². The molecule has 33 heavy (non-hydrogen) atoms. The van der Waals surface area contributed by atoms with Crippen molar-refractivity contribution in [3.8, 4) is 0 Å². The SMILES string of the molecule is [2H][C@]1(O)C(F)=C(c2nc(NOC(C)(C)C)nc(Nc3ccnc(C(F)(F)F)c3)n2)CCC1(F)F. The Hall–Kier alpha value is -3.00. The molecule has 1 atom stereocenters. The molecule has 0 aromatic carbocycles. The average molecular weight is 479 g/mol. The first kappa shape index (κ1) is 23.2. The predicted octanol–water partition coefficient (Wildman–Crippen LogP) is 4.64. The summed E-state index contributed by atoms with van der Waals surface area (Å²) in [6.45, 7) is 5.01. The molecule has 0 spiro atoms. The fourth-order valence-electron chi connectivity index (χ4n) is 2.63. The van der Waals surface area contributed by atoms with Crippen LogP contribution < -0.4 is 10.8 Å². The highest BCUT2D eigenvalue weighted by Crippen LogP contribution is 2.41. The molecule has 0 saturated carbocycles. The van der Waals surface area contributed by atoms with Crippen molar-refractivity contribution in [2.75, 3.05) is 10.8 Å². The average Bonchev–Trinajstić information content (AvgIpc) is 2.70. The topological polar surface area (TPSA) is 105 Å². The number of halogens is 6. The van der Waals surface area contributed by atoms with Crippen molar-refractivity contribution >= 4 is 23.2 Å². The summed E-state index contributed by atoms with van der Waals surface area (Å²) < 4.78 is 88.7. The summed E-state index contributed by atoms with van der Waals surface area (Å²) in [4.78, 5) is 20.3. The van der Waals surface area contributed by atoms with E-state index < -0.39 is 65.5 Å². The standard InChI is InChI=1S/C19H20F6N6O2/c1-17(2,3)33-31-16-29-14(10-4-6-18(21,22)13(32)12(10)20)28-15(30-16)27-9-5-7-26-11(8-9)19(23,24)25/h5,7-8,13,32H,4,6H2,1-3H3,(H2,26,27,28,29,30,31)/t13-/m0/s1/i13D. The van der Waals surface area contributed by atoms with Gasteiger partial charge in [-0.15, -0.1) is 0 Å². The van der Waals surface area contributed by atoms with Gasteiger partial charge in [0.15, 0.2) is 11.9 Å². The first-order valence-electron chi connectivity index (χ1n) is 10.00. The maximum absolute atomic E-state index is 14.7. The van der Waals surface area contributed by atoms with Crippen LogP contribution in [-0.2, 0) is 11.0 Å². The molecule has 0 fully saturated rings. The van der Waals surface area contributed by atoms with Crippen molar-refractivity contribution < 1.29 is 37.7 Å². The summed E-state index contributed by atoms with van der Waals surface area (Å²) in [6, 6.07) is 1.85. The number of nitrogens with one attached hydrogen (secondary N) is 2. The molecule has 0 saturated heterocycles. The Kier molecular flexibility index (Phi) is 6.14. The van der Waals surface area contributed by atoms with Gasteiger partial charge < -0.3 is 10.4 Å². The van der Waals surface area contributed by atoms with Crippen LogP contribution in [0.25, 0.3) is 5.57 Å². The summed E-state index contributed by atoms with van der Waals surface area (Å²) in [5.74, 6) is -7.17. The number of pyridine rings is 1. The second-order valence-electron chi connectivity index (χ2n) is 8.02. The molecular weight excluding hydrogens is 458 g/mol. The first-order chi connectivity index (χ1) is 15.5. The second-order valence-corrected chi connectivity index (χ2v) is 8.02. The quantitative estimate of drug-likeness (QED) is 0.421. The normalized spacial score (nSPS) is 21.6. The van der Waals surface area contributed by atoms with Crippen LogP contribution in [0.5, 0.6) is 0 Å². The van der Waals surface area contributed by atoms with E-state index in [0.717, 1.165) is 6.20 Å². The van der Waals surface area contributed by atoms with E-state index in [1.807, 2.05) is 0 Å². The number of anilines is 3. The van der Waals surface area contributed by atoms with Crippen LogP contribution in [0.2, 0.25) is 0 Å². The summed E-state index contributed by atoms with van der Waals surface area (Å²) in [6.07, 6.45) is -9.37. The number of rotatable bonds is 5.